The van der Waals surface area contributed by atoms with Crippen molar-refractivity contribution >= 4 is 48.4 Å². The van der Waals surface area contributed by atoms with Crippen LogP contribution in [-0.4, -0.2) is 57.3 Å². The van der Waals surface area contributed by atoms with Gasteiger partial charge in [0.1, 0.15) is 0 Å². The Bertz CT molecular complexity index is 1260. The molecule has 0 saturated carbocycles. The number of sulfone groups is 1. The first-order valence-electron chi connectivity index (χ1n) is 9.81. The van der Waals surface area contributed by atoms with E-state index in [1.54, 1.807) is 36.4 Å². The summed E-state index contributed by atoms with van der Waals surface area (Å²) in [5.41, 5.74) is 2.15. The first-order valence-corrected chi connectivity index (χ1v) is 14.1. The van der Waals surface area contributed by atoms with E-state index >= 15 is 0 Å². The summed E-state index contributed by atoms with van der Waals surface area (Å²) in [6.45, 7) is 0.396. The lowest BCUT2D eigenvalue weighted by atomic mass is 10.1. The number of amides is 1. The lowest BCUT2D eigenvalue weighted by molar-refractivity contribution is 0.0954. The molecule has 12 heteroatoms. The van der Waals surface area contributed by atoms with E-state index in [2.05, 4.69) is 15.6 Å². The van der Waals surface area contributed by atoms with Gasteiger partial charge in [0.25, 0.3) is 5.91 Å². The first kappa shape index (κ1) is 22.8. The molecule has 2 heterocycles. The number of aliphatic imine (C=N–C) groups is 1. The number of anilines is 1. The molecule has 170 valence electrons. The minimum absolute atomic E-state index is 0.0246. The van der Waals surface area contributed by atoms with Gasteiger partial charge in [-0.2, -0.15) is 0 Å². The molecule has 1 fully saturated rings. The topological polar surface area (TPSA) is 148 Å². The lowest BCUT2D eigenvalue weighted by Gasteiger charge is -2.09. The lowest BCUT2D eigenvalue weighted by Crippen LogP contribution is -2.25. The summed E-state index contributed by atoms with van der Waals surface area (Å²) in [5.74, 6) is 0.0439. The van der Waals surface area contributed by atoms with E-state index in [9.17, 15) is 21.6 Å². The third-order valence-electron chi connectivity index (χ3n) is 5.17. The maximum atomic E-state index is 12.4. The van der Waals surface area contributed by atoms with Crippen LogP contribution in [-0.2, 0) is 26.3 Å². The smallest absolute Gasteiger partial charge is 0.251 e. The molecule has 1 amide bonds. The number of nitrogens with two attached hydrogens (primary N) is 1. The van der Waals surface area contributed by atoms with Crippen molar-refractivity contribution < 1.29 is 21.6 Å². The number of nitrogens with zero attached hydrogens (tertiary/aromatic N) is 1. The number of hydrogen-bond acceptors (Lipinski definition) is 8. The fraction of sp³-hybridized carbons (Fsp3) is 0.300. The zero-order chi connectivity index (χ0) is 22.9. The third-order valence-corrected chi connectivity index (χ3v) is 9.24. The van der Waals surface area contributed by atoms with Crippen LogP contribution >= 0.6 is 11.8 Å². The molecule has 32 heavy (non-hydrogen) atoms. The van der Waals surface area contributed by atoms with Crippen LogP contribution in [0.4, 0.5) is 5.69 Å². The average Bonchev–Trinajstić information content (AvgIpc) is 3.20. The minimum Gasteiger partial charge on any atom is -0.352 e. The van der Waals surface area contributed by atoms with Gasteiger partial charge in [0, 0.05) is 23.0 Å². The van der Waals surface area contributed by atoms with Crippen molar-refractivity contribution in [1.29, 1.82) is 0 Å². The number of primary sulfonamides is 1. The van der Waals surface area contributed by atoms with Crippen LogP contribution in [0.15, 0.2) is 58.4 Å². The predicted octanol–water partition coefficient (Wildman–Crippen LogP) is 0.987. The van der Waals surface area contributed by atoms with Crippen LogP contribution in [0.5, 0.6) is 0 Å². The number of benzene rings is 2. The van der Waals surface area contributed by atoms with Gasteiger partial charge in [0.2, 0.25) is 10.0 Å². The number of hydrogen-bond donors (Lipinski definition) is 3. The molecule has 0 radical (unpaired) electrons. The molecule has 2 atom stereocenters. The zero-order valence-corrected chi connectivity index (χ0v) is 19.3. The number of nitrogens with one attached hydrogen (secondary N) is 2. The molecule has 0 spiro atoms. The Labute approximate surface area is 190 Å². The summed E-state index contributed by atoms with van der Waals surface area (Å²) < 4.78 is 45.9. The van der Waals surface area contributed by atoms with Crippen molar-refractivity contribution in [1.82, 2.24) is 5.32 Å². The molecule has 2 aliphatic heterocycles. The van der Waals surface area contributed by atoms with Crippen LogP contribution in [0.1, 0.15) is 15.9 Å². The van der Waals surface area contributed by atoms with Gasteiger partial charge in [-0.1, -0.05) is 23.9 Å². The van der Waals surface area contributed by atoms with Crippen LogP contribution in [0.2, 0.25) is 0 Å². The van der Waals surface area contributed by atoms with E-state index < -0.39 is 19.9 Å². The van der Waals surface area contributed by atoms with Gasteiger partial charge in [-0.25, -0.2) is 22.0 Å². The molecule has 0 aromatic heterocycles. The standard InChI is InChI=1S/C20H22N4O5S3/c21-32(28,29)16-7-1-13(2-8-16)9-10-22-19(25)14-3-5-15(6-4-14)23-20-24-17-11-31(26,27)12-18(17)30-20/h1-8,17-18H,9-12H2,(H,22,25)(H,23,24)(H2,21,28,29)/t17-,18-/m0/s1. The minimum atomic E-state index is -3.72. The van der Waals surface area contributed by atoms with Crippen LogP contribution < -0.4 is 15.8 Å². The molecule has 0 bridgehead atoms. The molecule has 0 aliphatic carbocycles. The molecule has 1 saturated heterocycles. The van der Waals surface area contributed by atoms with Crippen molar-refractivity contribution in [2.45, 2.75) is 22.6 Å². The summed E-state index contributed by atoms with van der Waals surface area (Å²) in [6.07, 6.45) is 0.547. The molecule has 2 aromatic carbocycles. The Morgan fingerprint density at radius 2 is 1.78 bits per heavy atom. The maximum absolute atomic E-state index is 12.4. The van der Waals surface area contributed by atoms with Gasteiger partial charge in [-0.15, -0.1) is 0 Å². The number of carbonyl (C=O) groups is 1. The number of sulfonamides is 1. The predicted molar refractivity (Wildman–Crippen MR) is 125 cm³/mol. The highest BCUT2D eigenvalue weighted by molar-refractivity contribution is 8.15. The second kappa shape index (κ2) is 8.85. The highest BCUT2D eigenvalue weighted by atomic mass is 32.2. The number of rotatable bonds is 6. The molecule has 2 aliphatic rings. The van der Waals surface area contributed by atoms with E-state index in [1.165, 1.54) is 23.9 Å². The molecule has 2 aromatic rings. The van der Waals surface area contributed by atoms with Gasteiger partial charge >= 0.3 is 0 Å². The summed E-state index contributed by atoms with van der Waals surface area (Å²) in [7, 11) is -6.70. The van der Waals surface area contributed by atoms with Gasteiger partial charge < -0.3 is 10.6 Å². The summed E-state index contributed by atoms with van der Waals surface area (Å²) in [5, 5.41) is 11.8. The number of fused-ring (bicyclic) bond motifs is 1. The molecule has 0 unspecified atom stereocenters. The Morgan fingerprint density at radius 1 is 1.09 bits per heavy atom. The van der Waals surface area contributed by atoms with Crippen molar-refractivity contribution in [2.75, 3.05) is 23.4 Å². The summed E-state index contributed by atoms with van der Waals surface area (Å²) >= 11 is 1.44. The largest absolute Gasteiger partial charge is 0.352 e. The van der Waals surface area contributed by atoms with Gasteiger partial charge in [-0.05, 0) is 48.4 Å². The normalized spacial score (nSPS) is 21.6. The summed E-state index contributed by atoms with van der Waals surface area (Å²) in [6, 6.07) is 13.0. The molecule has 9 nitrogen and oxygen atoms in total. The van der Waals surface area contributed by atoms with E-state index in [0.29, 0.717) is 23.7 Å². The van der Waals surface area contributed by atoms with Crippen molar-refractivity contribution in [2.24, 2.45) is 10.1 Å². The second-order valence-electron chi connectivity index (χ2n) is 7.63. The number of carbonyl (C=O) groups excluding carboxylic acids is 1. The molecule has 4 rings (SSSR count). The highest BCUT2D eigenvalue weighted by Gasteiger charge is 2.42. The van der Waals surface area contributed by atoms with Gasteiger partial charge in [0.05, 0.1) is 22.4 Å². The number of amidine groups is 1. The number of thioether (sulfide) groups is 1. The highest BCUT2D eigenvalue weighted by Crippen LogP contribution is 2.34. The third kappa shape index (κ3) is 5.49. The molecule has 4 N–H and O–H groups in total. The van der Waals surface area contributed by atoms with Crippen LogP contribution in [0.25, 0.3) is 0 Å². The van der Waals surface area contributed by atoms with Crippen LogP contribution in [0.3, 0.4) is 0 Å². The fourth-order valence-corrected chi connectivity index (χ4v) is 7.70. The first-order chi connectivity index (χ1) is 15.1. The van der Waals surface area contributed by atoms with Crippen molar-refractivity contribution in [3.05, 3.63) is 59.7 Å². The van der Waals surface area contributed by atoms with E-state index in [-0.39, 0.29) is 33.6 Å². The van der Waals surface area contributed by atoms with E-state index in [1.807, 2.05) is 0 Å². The Balaban J connectivity index is 1.26. The second-order valence-corrected chi connectivity index (χ2v) is 12.6. The Hall–Kier alpha value is -2.41. The molecular formula is C20H22N4O5S3. The zero-order valence-electron chi connectivity index (χ0n) is 16.9. The maximum Gasteiger partial charge on any atom is 0.251 e. The summed E-state index contributed by atoms with van der Waals surface area (Å²) in [4.78, 5) is 16.9. The quantitative estimate of drug-likeness (QED) is 0.542. The van der Waals surface area contributed by atoms with Gasteiger partial charge in [-0.3, -0.25) is 9.79 Å². The van der Waals surface area contributed by atoms with Crippen molar-refractivity contribution in [3.63, 3.8) is 0 Å². The van der Waals surface area contributed by atoms with Crippen molar-refractivity contribution in [3.8, 4) is 0 Å². The average molecular weight is 495 g/mol. The fourth-order valence-electron chi connectivity index (χ4n) is 3.51. The van der Waals surface area contributed by atoms with Crippen LogP contribution in [0, 0.1) is 0 Å². The Morgan fingerprint density at radius 3 is 2.41 bits per heavy atom. The van der Waals surface area contributed by atoms with E-state index in [4.69, 9.17) is 5.14 Å². The van der Waals surface area contributed by atoms with E-state index in [0.717, 1.165) is 11.3 Å². The Kier molecular flexibility index (Phi) is 6.30. The monoisotopic (exact) mass is 494 g/mol. The SMILES string of the molecule is NS(=O)(=O)c1ccc(CCNC(=O)c2ccc(NC3=N[C@H]4CS(=O)(=O)C[C@@H]4S3)cc2)cc1. The molecular weight excluding hydrogens is 472 g/mol. The van der Waals surface area contributed by atoms with Gasteiger partial charge in [0.15, 0.2) is 15.0 Å².